The highest BCUT2D eigenvalue weighted by Crippen LogP contribution is 2.39. The predicted molar refractivity (Wildman–Crippen MR) is 99.7 cm³/mol. The molecule has 7 heteroatoms. The second-order valence-corrected chi connectivity index (χ2v) is 5.53. The second-order valence-electron chi connectivity index (χ2n) is 5.53. The molecular formula is C20H19NO6. The average Bonchev–Trinajstić information content (AvgIpc) is 3.07. The highest BCUT2D eigenvalue weighted by atomic mass is 16.6. The van der Waals surface area contributed by atoms with E-state index in [4.69, 9.17) is 23.7 Å². The van der Waals surface area contributed by atoms with E-state index in [-0.39, 0.29) is 11.6 Å². The van der Waals surface area contributed by atoms with E-state index >= 15 is 0 Å². The number of carbonyl (C=O) groups excluding carboxylic acids is 1. The molecule has 0 saturated heterocycles. The minimum atomic E-state index is -0.540. The zero-order valence-electron chi connectivity index (χ0n) is 15.4. The molecule has 0 aromatic heterocycles. The maximum Gasteiger partial charge on any atom is 0.363 e. The van der Waals surface area contributed by atoms with Crippen molar-refractivity contribution in [3.05, 3.63) is 53.2 Å². The average molecular weight is 369 g/mol. The highest BCUT2D eigenvalue weighted by Gasteiger charge is 2.25. The molecule has 0 N–H and O–H groups in total. The molecule has 3 rings (SSSR count). The van der Waals surface area contributed by atoms with E-state index in [9.17, 15) is 4.79 Å². The fourth-order valence-corrected chi connectivity index (χ4v) is 2.63. The van der Waals surface area contributed by atoms with Crippen LogP contribution < -0.4 is 18.9 Å². The van der Waals surface area contributed by atoms with Gasteiger partial charge in [-0.1, -0.05) is 6.07 Å². The van der Waals surface area contributed by atoms with Gasteiger partial charge in [0.05, 0.1) is 28.4 Å². The van der Waals surface area contributed by atoms with E-state index in [1.54, 1.807) is 49.6 Å². The van der Waals surface area contributed by atoms with Gasteiger partial charge in [-0.2, -0.15) is 0 Å². The maximum atomic E-state index is 12.2. The van der Waals surface area contributed by atoms with E-state index in [1.165, 1.54) is 21.3 Å². The number of hydrogen-bond donors (Lipinski definition) is 0. The van der Waals surface area contributed by atoms with Crippen molar-refractivity contribution in [2.45, 2.75) is 0 Å². The minimum absolute atomic E-state index is 0.169. The van der Waals surface area contributed by atoms with Crippen LogP contribution in [0.5, 0.6) is 23.0 Å². The van der Waals surface area contributed by atoms with Crippen LogP contribution in [0.15, 0.2) is 47.1 Å². The molecule has 0 saturated carbocycles. The summed E-state index contributed by atoms with van der Waals surface area (Å²) in [6.45, 7) is 0. The number of aliphatic imine (C=N–C) groups is 1. The van der Waals surface area contributed by atoms with Crippen molar-refractivity contribution in [2.24, 2.45) is 4.99 Å². The Bertz CT molecular complexity index is 907. The van der Waals surface area contributed by atoms with Crippen molar-refractivity contribution in [1.82, 2.24) is 0 Å². The number of benzene rings is 2. The van der Waals surface area contributed by atoms with Gasteiger partial charge in [0.25, 0.3) is 0 Å². The van der Waals surface area contributed by atoms with Gasteiger partial charge in [-0.05, 0) is 42.0 Å². The van der Waals surface area contributed by atoms with Crippen LogP contribution in [0.25, 0.3) is 6.08 Å². The lowest BCUT2D eigenvalue weighted by molar-refractivity contribution is -0.129. The highest BCUT2D eigenvalue weighted by molar-refractivity contribution is 6.13. The summed E-state index contributed by atoms with van der Waals surface area (Å²) < 4.78 is 26.4. The van der Waals surface area contributed by atoms with Crippen LogP contribution in [0.2, 0.25) is 0 Å². The number of cyclic esters (lactones) is 1. The van der Waals surface area contributed by atoms with Gasteiger partial charge in [0.15, 0.2) is 17.2 Å². The van der Waals surface area contributed by atoms with Crippen molar-refractivity contribution in [1.29, 1.82) is 0 Å². The van der Waals surface area contributed by atoms with E-state index in [0.717, 1.165) is 0 Å². The van der Waals surface area contributed by atoms with Gasteiger partial charge in [0, 0.05) is 5.56 Å². The molecule has 0 radical (unpaired) electrons. The standard InChI is InChI=1S/C20H19NO6/c1-23-14-7-5-6-13(11-14)19-21-15(20(22)27-19)8-12-9-16(24-2)18(26-4)17(10-12)25-3/h5-11H,1-4H3/b15-8+. The summed E-state index contributed by atoms with van der Waals surface area (Å²) in [6.07, 6.45) is 1.60. The van der Waals surface area contributed by atoms with E-state index in [1.807, 2.05) is 0 Å². The molecule has 2 aromatic carbocycles. The Balaban J connectivity index is 1.99. The Hall–Kier alpha value is -3.48. The lowest BCUT2D eigenvalue weighted by Crippen LogP contribution is -2.05. The van der Waals surface area contributed by atoms with Gasteiger partial charge in [0.1, 0.15) is 5.75 Å². The number of hydrogen-bond acceptors (Lipinski definition) is 7. The zero-order valence-corrected chi connectivity index (χ0v) is 15.4. The molecule has 0 aliphatic carbocycles. The van der Waals surface area contributed by atoms with Crippen molar-refractivity contribution < 1.29 is 28.5 Å². The van der Waals surface area contributed by atoms with Gasteiger partial charge >= 0.3 is 5.97 Å². The Kier molecular flexibility index (Phi) is 5.30. The van der Waals surface area contributed by atoms with Gasteiger partial charge in [-0.25, -0.2) is 9.79 Å². The Morgan fingerprint density at radius 3 is 2.22 bits per heavy atom. The van der Waals surface area contributed by atoms with Crippen molar-refractivity contribution in [3.63, 3.8) is 0 Å². The predicted octanol–water partition coefficient (Wildman–Crippen LogP) is 3.07. The molecule has 0 unspecified atom stereocenters. The molecule has 0 bridgehead atoms. The summed E-state index contributed by atoms with van der Waals surface area (Å²) >= 11 is 0. The Morgan fingerprint density at radius 2 is 1.63 bits per heavy atom. The van der Waals surface area contributed by atoms with Gasteiger partial charge in [-0.15, -0.1) is 0 Å². The first-order chi connectivity index (χ1) is 13.1. The van der Waals surface area contributed by atoms with Crippen LogP contribution in [0, 0.1) is 0 Å². The Morgan fingerprint density at radius 1 is 0.926 bits per heavy atom. The van der Waals surface area contributed by atoms with Crippen molar-refractivity contribution >= 4 is 17.9 Å². The zero-order chi connectivity index (χ0) is 19.4. The summed E-state index contributed by atoms with van der Waals surface area (Å²) in [5.74, 6) is 1.75. The number of carbonyl (C=O) groups is 1. The summed E-state index contributed by atoms with van der Waals surface area (Å²) in [5.41, 5.74) is 1.48. The van der Waals surface area contributed by atoms with E-state index < -0.39 is 5.97 Å². The third-order valence-electron chi connectivity index (χ3n) is 3.93. The molecule has 2 aromatic rings. The van der Waals surface area contributed by atoms with Crippen LogP contribution in [-0.2, 0) is 9.53 Å². The number of esters is 1. The fraction of sp³-hybridized carbons (Fsp3) is 0.200. The normalized spacial score (nSPS) is 14.6. The number of rotatable bonds is 6. The summed E-state index contributed by atoms with van der Waals surface area (Å²) in [5, 5.41) is 0. The van der Waals surface area contributed by atoms with Crippen molar-refractivity contribution in [3.8, 4) is 23.0 Å². The first-order valence-electron chi connectivity index (χ1n) is 8.06. The molecule has 7 nitrogen and oxygen atoms in total. The first-order valence-corrected chi connectivity index (χ1v) is 8.06. The molecule has 1 aliphatic rings. The molecule has 27 heavy (non-hydrogen) atoms. The van der Waals surface area contributed by atoms with E-state index in [2.05, 4.69) is 4.99 Å². The maximum absolute atomic E-state index is 12.2. The van der Waals surface area contributed by atoms with E-state index in [0.29, 0.717) is 34.1 Å². The third-order valence-corrected chi connectivity index (χ3v) is 3.93. The molecule has 0 fully saturated rings. The third kappa shape index (κ3) is 3.72. The number of nitrogens with zero attached hydrogens (tertiary/aromatic N) is 1. The molecule has 0 atom stereocenters. The Labute approximate surface area is 156 Å². The lowest BCUT2D eigenvalue weighted by Gasteiger charge is -2.12. The molecule has 1 aliphatic heterocycles. The van der Waals surface area contributed by atoms with Crippen LogP contribution in [0.1, 0.15) is 11.1 Å². The molecule has 0 spiro atoms. The van der Waals surface area contributed by atoms with Crippen molar-refractivity contribution in [2.75, 3.05) is 28.4 Å². The van der Waals surface area contributed by atoms with Gasteiger partial charge < -0.3 is 23.7 Å². The second kappa shape index (κ2) is 7.82. The fourth-order valence-electron chi connectivity index (χ4n) is 2.63. The molecule has 140 valence electrons. The monoisotopic (exact) mass is 369 g/mol. The summed E-state index contributed by atoms with van der Waals surface area (Å²) in [7, 11) is 6.14. The molecule has 0 amide bonds. The topological polar surface area (TPSA) is 75.6 Å². The lowest BCUT2D eigenvalue weighted by atomic mass is 10.1. The first kappa shape index (κ1) is 18.3. The SMILES string of the molecule is COc1cccc(C2=N/C(=C/c3cc(OC)c(OC)c(OC)c3)C(=O)O2)c1. The van der Waals surface area contributed by atoms with Crippen LogP contribution in [0.4, 0.5) is 0 Å². The van der Waals surface area contributed by atoms with Crippen LogP contribution in [-0.4, -0.2) is 40.3 Å². The quantitative estimate of drug-likeness (QED) is 0.575. The smallest absolute Gasteiger partial charge is 0.363 e. The molecular weight excluding hydrogens is 350 g/mol. The summed E-state index contributed by atoms with van der Waals surface area (Å²) in [6, 6.07) is 10.6. The van der Waals surface area contributed by atoms with Crippen LogP contribution >= 0.6 is 0 Å². The van der Waals surface area contributed by atoms with Gasteiger partial charge in [-0.3, -0.25) is 0 Å². The number of methoxy groups -OCH3 is 4. The minimum Gasteiger partial charge on any atom is -0.497 e. The number of ether oxygens (including phenoxy) is 5. The van der Waals surface area contributed by atoms with Crippen LogP contribution in [0.3, 0.4) is 0 Å². The summed E-state index contributed by atoms with van der Waals surface area (Å²) in [4.78, 5) is 16.5. The molecule has 1 heterocycles. The van der Waals surface area contributed by atoms with Gasteiger partial charge in [0.2, 0.25) is 11.6 Å². The largest absolute Gasteiger partial charge is 0.497 e.